The van der Waals surface area contributed by atoms with Gasteiger partial charge in [-0.05, 0) is 51.8 Å². The molecule has 0 aliphatic rings. The van der Waals surface area contributed by atoms with Crippen LogP contribution in [-0.2, 0) is 10.0 Å². The molecule has 1 aromatic rings. The fourth-order valence-electron chi connectivity index (χ4n) is 1.69. The van der Waals surface area contributed by atoms with Crippen molar-refractivity contribution in [2.75, 3.05) is 10.8 Å². The lowest BCUT2D eigenvalue weighted by atomic mass is 10.2. The molecule has 0 atom stereocenters. The van der Waals surface area contributed by atoms with Gasteiger partial charge in [0.15, 0.2) is 0 Å². The number of nitro groups is 1. The first-order valence-corrected chi connectivity index (χ1v) is 8.68. The predicted octanol–water partition coefficient (Wildman–Crippen LogP) is 2.54. The summed E-state index contributed by atoms with van der Waals surface area (Å²) in [5.41, 5.74) is -0.0285. The smallest absolute Gasteiger partial charge is 0.294 e. The molecular weight excluding hydrogens is 330 g/mol. The van der Waals surface area contributed by atoms with Crippen molar-refractivity contribution in [3.8, 4) is 0 Å². The SMILES string of the molecule is CCN(SC(C)(C)C)c1ccc(S(=O)(=O)NO)cc1[N+](=O)[O-]. The summed E-state index contributed by atoms with van der Waals surface area (Å²) in [4.78, 5) is 11.4. The van der Waals surface area contributed by atoms with Crippen molar-refractivity contribution in [3.05, 3.63) is 28.3 Å². The van der Waals surface area contributed by atoms with Gasteiger partial charge < -0.3 is 9.51 Å². The van der Waals surface area contributed by atoms with Crippen LogP contribution >= 0.6 is 11.9 Å². The van der Waals surface area contributed by atoms with E-state index >= 15 is 0 Å². The van der Waals surface area contributed by atoms with Crippen molar-refractivity contribution in [2.45, 2.75) is 37.3 Å². The molecule has 0 unspecified atom stereocenters. The molecule has 0 heterocycles. The van der Waals surface area contributed by atoms with Gasteiger partial charge in [-0.2, -0.15) is 0 Å². The van der Waals surface area contributed by atoms with Crippen LogP contribution in [0.15, 0.2) is 23.1 Å². The quantitative estimate of drug-likeness (QED) is 0.461. The van der Waals surface area contributed by atoms with Crippen molar-refractivity contribution in [1.29, 1.82) is 0 Å². The maximum absolute atomic E-state index is 11.6. The van der Waals surface area contributed by atoms with E-state index in [1.54, 1.807) is 4.31 Å². The second-order valence-electron chi connectivity index (χ2n) is 5.40. The molecule has 0 aromatic heterocycles. The van der Waals surface area contributed by atoms with Crippen LogP contribution in [0.4, 0.5) is 11.4 Å². The summed E-state index contributed by atoms with van der Waals surface area (Å²) in [6, 6.07) is 3.51. The van der Waals surface area contributed by atoms with E-state index in [1.807, 2.05) is 27.7 Å². The lowest BCUT2D eigenvalue weighted by Crippen LogP contribution is -2.24. The Kier molecular flexibility index (Phi) is 5.79. The van der Waals surface area contributed by atoms with Crippen molar-refractivity contribution in [3.63, 3.8) is 0 Å². The molecule has 2 N–H and O–H groups in total. The van der Waals surface area contributed by atoms with Crippen LogP contribution in [0, 0.1) is 10.1 Å². The molecule has 0 spiro atoms. The third-order valence-corrected chi connectivity index (χ3v) is 4.85. The number of nitrogens with zero attached hydrogens (tertiary/aromatic N) is 2. The number of rotatable bonds is 6. The second-order valence-corrected chi connectivity index (χ2v) is 8.91. The predicted molar refractivity (Wildman–Crippen MR) is 85.6 cm³/mol. The Morgan fingerprint density at radius 3 is 2.41 bits per heavy atom. The summed E-state index contributed by atoms with van der Waals surface area (Å²) in [6.45, 7) is 8.28. The third kappa shape index (κ3) is 4.57. The molecule has 0 saturated carbocycles. The van der Waals surface area contributed by atoms with Crippen molar-refractivity contribution < 1.29 is 18.5 Å². The highest BCUT2D eigenvalue weighted by Gasteiger charge is 2.26. The first-order chi connectivity index (χ1) is 10.0. The Labute approximate surface area is 133 Å². The maximum atomic E-state index is 11.6. The molecule has 0 fully saturated rings. The molecule has 10 heteroatoms. The van der Waals surface area contributed by atoms with Gasteiger partial charge in [0.05, 0.1) is 9.82 Å². The number of nitrogens with one attached hydrogen (secondary N) is 1. The molecule has 22 heavy (non-hydrogen) atoms. The van der Waals surface area contributed by atoms with Gasteiger partial charge in [-0.15, -0.1) is 0 Å². The first-order valence-electron chi connectivity index (χ1n) is 6.43. The fraction of sp³-hybridized carbons (Fsp3) is 0.500. The molecule has 0 aliphatic carbocycles. The van der Waals surface area contributed by atoms with E-state index in [0.29, 0.717) is 12.2 Å². The highest BCUT2D eigenvalue weighted by Crippen LogP contribution is 2.38. The molecule has 1 aromatic carbocycles. The molecule has 1 rings (SSSR count). The Hall–Kier alpha value is -1.36. The zero-order valence-corrected chi connectivity index (χ0v) is 14.4. The summed E-state index contributed by atoms with van der Waals surface area (Å²) < 4.78 is 24.7. The number of benzene rings is 1. The van der Waals surface area contributed by atoms with Crippen molar-refractivity contribution >= 4 is 33.3 Å². The zero-order valence-electron chi connectivity index (χ0n) is 12.7. The van der Waals surface area contributed by atoms with Crippen LogP contribution in [0.3, 0.4) is 0 Å². The molecule has 0 bridgehead atoms. The van der Waals surface area contributed by atoms with E-state index in [0.717, 1.165) is 11.0 Å². The average molecular weight is 349 g/mol. The van der Waals surface area contributed by atoms with Gasteiger partial charge in [0.2, 0.25) is 0 Å². The van der Waals surface area contributed by atoms with E-state index < -0.39 is 14.9 Å². The number of sulfonamides is 1. The third-order valence-electron chi connectivity index (χ3n) is 2.51. The van der Waals surface area contributed by atoms with Crippen LogP contribution < -0.4 is 9.19 Å². The number of hydrogen-bond acceptors (Lipinski definition) is 7. The van der Waals surface area contributed by atoms with Gasteiger partial charge >= 0.3 is 0 Å². The zero-order chi connectivity index (χ0) is 17.1. The first kappa shape index (κ1) is 18.7. The monoisotopic (exact) mass is 349 g/mol. The van der Waals surface area contributed by atoms with Crippen molar-refractivity contribution in [1.82, 2.24) is 4.89 Å². The second kappa shape index (κ2) is 6.82. The normalized spacial score (nSPS) is 12.2. The van der Waals surface area contributed by atoms with Gasteiger partial charge in [0.1, 0.15) is 5.69 Å². The van der Waals surface area contributed by atoms with Gasteiger partial charge in [0, 0.05) is 17.4 Å². The summed E-state index contributed by atoms with van der Waals surface area (Å²) in [7, 11) is -4.16. The molecule has 124 valence electrons. The van der Waals surface area contributed by atoms with Crippen LogP contribution in [0.25, 0.3) is 0 Å². The minimum absolute atomic E-state index is 0.165. The maximum Gasteiger partial charge on any atom is 0.294 e. The van der Waals surface area contributed by atoms with Crippen LogP contribution in [0.2, 0.25) is 0 Å². The topological polar surface area (TPSA) is 113 Å². The Morgan fingerprint density at radius 1 is 1.41 bits per heavy atom. The molecule has 8 nitrogen and oxygen atoms in total. The van der Waals surface area contributed by atoms with E-state index in [2.05, 4.69) is 0 Å². The van der Waals surface area contributed by atoms with E-state index in [4.69, 9.17) is 5.21 Å². The lowest BCUT2D eigenvalue weighted by Gasteiger charge is -2.29. The fourth-order valence-corrected chi connectivity index (χ4v) is 3.36. The minimum atomic E-state index is -4.16. The lowest BCUT2D eigenvalue weighted by molar-refractivity contribution is -0.384. The Bertz CT molecular complexity index is 655. The van der Waals surface area contributed by atoms with Crippen molar-refractivity contribution in [2.24, 2.45) is 0 Å². The number of nitro benzene ring substituents is 1. The molecule has 0 aliphatic heterocycles. The van der Waals surface area contributed by atoms with Gasteiger partial charge in [-0.1, -0.05) is 4.89 Å². The highest BCUT2D eigenvalue weighted by atomic mass is 32.2. The van der Waals surface area contributed by atoms with E-state index in [9.17, 15) is 18.5 Å². The average Bonchev–Trinajstić information content (AvgIpc) is 2.43. The van der Waals surface area contributed by atoms with Gasteiger partial charge in [-0.25, -0.2) is 8.42 Å². The minimum Gasteiger partial charge on any atom is -0.310 e. The summed E-state index contributed by atoms with van der Waals surface area (Å²) in [6.07, 6.45) is 0. The molecule has 0 radical (unpaired) electrons. The van der Waals surface area contributed by atoms with Gasteiger partial charge in [-0.3, -0.25) is 10.1 Å². The van der Waals surface area contributed by atoms with Gasteiger partial charge in [0.25, 0.3) is 15.7 Å². The summed E-state index contributed by atoms with van der Waals surface area (Å²) >= 11 is 1.42. The summed E-state index contributed by atoms with van der Waals surface area (Å²) in [5, 5.41) is 19.9. The Balaban J connectivity index is 3.40. The van der Waals surface area contributed by atoms with E-state index in [1.165, 1.54) is 24.1 Å². The van der Waals surface area contributed by atoms with Crippen LogP contribution in [0.5, 0.6) is 0 Å². The standard InChI is InChI=1S/C12H19N3O5S2/c1-5-14(21-12(2,3)4)10-7-6-9(22(19,20)13-16)8-11(10)15(17)18/h6-8,13,16H,5H2,1-4H3. The molecule has 0 saturated heterocycles. The van der Waals surface area contributed by atoms with Crippen LogP contribution in [0.1, 0.15) is 27.7 Å². The van der Waals surface area contributed by atoms with E-state index in [-0.39, 0.29) is 15.3 Å². The molecule has 0 amide bonds. The number of hydrogen-bond donors (Lipinski definition) is 2. The number of anilines is 1. The summed E-state index contributed by atoms with van der Waals surface area (Å²) in [5.74, 6) is 0. The largest absolute Gasteiger partial charge is 0.310 e. The molecular formula is C12H19N3O5S2. The Morgan fingerprint density at radius 2 is 2.00 bits per heavy atom. The van der Waals surface area contributed by atoms with Crippen LogP contribution in [-0.4, -0.2) is 29.8 Å². The highest BCUT2D eigenvalue weighted by molar-refractivity contribution is 8.01.